The van der Waals surface area contributed by atoms with Crippen LogP contribution in [0.3, 0.4) is 0 Å². The second-order valence-corrected chi connectivity index (χ2v) is 16.4. The van der Waals surface area contributed by atoms with Gasteiger partial charge in [0.25, 0.3) is 0 Å². The third-order valence-corrected chi connectivity index (χ3v) is 10.7. The van der Waals surface area contributed by atoms with Crippen LogP contribution >= 0.6 is 0 Å². The summed E-state index contributed by atoms with van der Waals surface area (Å²) in [5.41, 5.74) is 0. The number of ether oxygens (including phenoxy) is 3. The summed E-state index contributed by atoms with van der Waals surface area (Å²) in [5.74, 6) is -0.948. The summed E-state index contributed by atoms with van der Waals surface area (Å²) in [5, 5.41) is 0. The van der Waals surface area contributed by atoms with Crippen molar-refractivity contribution in [3.8, 4) is 0 Å². The molecular weight excluding hydrogens is 697 g/mol. The van der Waals surface area contributed by atoms with Crippen LogP contribution in [0.5, 0.6) is 0 Å². The van der Waals surface area contributed by atoms with Crippen molar-refractivity contribution in [1.29, 1.82) is 0 Å². The fourth-order valence-corrected chi connectivity index (χ4v) is 7.02. The molecule has 0 aromatic heterocycles. The van der Waals surface area contributed by atoms with Gasteiger partial charge in [-0.3, -0.25) is 14.4 Å². The highest BCUT2D eigenvalue weighted by Crippen LogP contribution is 2.15. The largest absolute Gasteiger partial charge is 0.462 e. The van der Waals surface area contributed by atoms with Crippen molar-refractivity contribution in [2.24, 2.45) is 0 Å². The number of unbranched alkanes of at least 4 members (excludes halogenated alkanes) is 29. The van der Waals surface area contributed by atoms with Crippen LogP contribution in [0.1, 0.15) is 258 Å². The van der Waals surface area contributed by atoms with Crippen LogP contribution in [0, 0.1) is 0 Å². The first kappa shape index (κ1) is 53.9. The first-order valence-electron chi connectivity index (χ1n) is 24.3. The van der Waals surface area contributed by atoms with Crippen LogP contribution in [-0.4, -0.2) is 37.2 Å². The lowest BCUT2D eigenvalue weighted by atomic mass is 10.0. The van der Waals surface area contributed by atoms with E-state index in [9.17, 15) is 14.4 Å². The Bertz CT molecular complexity index is 911. The average Bonchev–Trinajstić information content (AvgIpc) is 3.19. The molecule has 56 heavy (non-hydrogen) atoms. The molecule has 0 fully saturated rings. The van der Waals surface area contributed by atoms with Crippen molar-refractivity contribution in [1.82, 2.24) is 0 Å². The minimum Gasteiger partial charge on any atom is -0.462 e. The Morgan fingerprint density at radius 2 is 0.679 bits per heavy atom. The van der Waals surface area contributed by atoms with E-state index in [1.165, 1.54) is 161 Å². The number of rotatable bonds is 44. The van der Waals surface area contributed by atoms with Crippen molar-refractivity contribution < 1.29 is 28.6 Å². The maximum Gasteiger partial charge on any atom is 0.306 e. The van der Waals surface area contributed by atoms with E-state index in [-0.39, 0.29) is 37.5 Å². The minimum atomic E-state index is -0.794. The number of carbonyl (C=O) groups is 3. The molecule has 0 aliphatic carbocycles. The molecule has 0 aromatic rings. The Kier molecular flexibility index (Phi) is 43.9. The molecule has 0 amide bonds. The second kappa shape index (κ2) is 45.6. The Morgan fingerprint density at radius 3 is 1.05 bits per heavy atom. The van der Waals surface area contributed by atoms with E-state index >= 15 is 0 Å². The average molecular weight is 789 g/mol. The molecule has 0 bridgehead atoms. The third kappa shape index (κ3) is 43.0. The summed E-state index contributed by atoms with van der Waals surface area (Å²) in [6.07, 6.45) is 50.3. The van der Waals surface area contributed by atoms with Gasteiger partial charge in [0.05, 0.1) is 0 Å². The summed E-state index contributed by atoms with van der Waals surface area (Å²) in [4.78, 5) is 37.8. The predicted molar refractivity (Wildman–Crippen MR) is 238 cm³/mol. The zero-order chi connectivity index (χ0) is 40.8. The number of esters is 3. The fraction of sp³-hybridized carbons (Fsp3) is 0.860. The molecule has 6 heteroatoms. The predicted octanol–water partition coefficient (Wildman–Crippen LogP) is 15.6. The lowest BCUT2D eigenvalue weighted by Gasteiger charge is -2.18. The van der Waals surface area contributed by atoms with Gasteiger partial charge in [-0.25, -0.2) is 0 Å². The number of carbonyl (C=O) groups excluding carboxylic acids is 3. The van der Waals surface area contributed by atoms with E-state index in [4.69, 9.17) is 14.2 Å². The maximum atomic E-state index is 12.7. The van der Waals surface area contributed by atoms with Crippen LogP contribution in [0.25, 0.3) is 0 Å². The lowest BCUT2D eigenvalue weighted by molar-refractivity contribution is -0.166. The summed E-state index contributed by atoms with van der Waals surface area (Å²) in [6.45, 7) is 6.59. The Balaban J connectivity index is 4.40. The van der Waals surface area contributed by atoms with Gasteiger partial charge in [0.15, 0.2) is 6.10 Å². The maximum absolute atomic E-state index is 12.7. The molecule has 0 saturated heterocycles. The molecule has 6 nitrogen and oxygen atoms in total. The van der Waals surface area contributed by atoms with Crippen LogP contribution in [-0.2, 0) is 28.6 Å². The topological polar surface area (TPSA) is 78.9 Å². The van der Waals surface area contributed by atoms with Crippen molar-refractivity contribution in [2.75, 3.05) is 13.2 Å². The highest BCUT2D eigenvalue weighted by atomic mass is 16.6. The first-order chi connectivity index (χ1) is 27.5. The third-order valence-electron chi connectivity index (χ3n) is 10.7. The monoisotopic (exact) mass is 789 g/mol. The molecule has 0 heterocycles. The van der Waals surface area contributed by atoms with Gasteiger partial charge in [-0.15, -0.1) is 0 Å². The van der Waals surface area contributed by atoms with Crippen LogP contribution in [0.15, 0.2) is 24.3 Å². The normalized spacial score (nSPS) is 12.1. The Labute approximate surface area is 347 Å². The van der Waals surface area contributed by atoms with Crippen LogP contribution in [0.4, 0.5) is 0 Å². The number of hydrogen-bond donors (Lipinski definition) is 0. The van der Waals surface area contributed by atoms with Crippen molar-refractivity contribution in [3.05, 3.63) is 24.3 Å². The van der Waals surface area contributed by atoms with Crippen LogP contribution < -0.4 is 0 Å². The first-order valence-corrected chi connectivity index (χ1v) is 24.3. The van der Waals surface area contributed by atoms with Gasteiger partial charge in [0, 0.05) is 19.3 Å². The summed E-state index contributed by atoms with van der Waals surface area (Å²) < 4.78 is 16.7. The lowest BCUT2D eigenvalue weighted by Crippen LogP contribution is -2.30. The fourth-order valence-electron chi connectivity index (χ4n) is 7.02. The minimum absolute atomic E-state index is 0.0891. The van der Waals surface area contributed by atoms with E-state index in [0.29, 0.717) is 19.3 Å². The molecule has 1 atom stereocenters. The molecular formula is C50H92O6. The highest BCUT2D eigenvalue weighted by Gasteiger charge is 2.19. The molecule has 0 radical (unpaired) electrons. The summed E-state index contributed by atoms with van der Waals surface area (Å²) in [7, 11) is 0. The van der Waals surface area contributed by atoms with Gasteiger partial charge in [0.2, 0.25) is 0 Å². The van der Waals surface area contributed by atoms with E-state index in [1.807, 2.05) is 6.08 Å². The van der Waals surface area contributed by atoms with Crippen LogP contribution in [0.2, 0.25) is 0 Å². The standard InChI is InChI=1S/C50H92O6/c1-4-7-10-13-16-19-22-24-26-28-31-34-37-40-43-49(52)55-46-47(45-54-48(51)42-39-36-33-30-27-21-18-15-12-9-6-3)56-50(53)44-41-38-35-32-29-25-23-20-17-14-11-8-5-2/h25,29,35,38,47H,4-24,26-28,30-34,36-37,39-46H2,1-3H3/b29-25-,38-35-. The molecule has 0 spiro atoms. The molecule has 1 unspecified atom stereocenters. The molecule has 0 saturated carbocycles. The molecule has 0 rings (SSSR count). The number of hydrogen-bond acceptors (Lipinski definition) is 6. The SMILES string of the molecule is CCCCCCCC/C=C\C/C=C\CCC(=O)OC(COC(=O)CCCCCCCCCCCCC)COC(=O)CCCCCCCCCCCCCCCC. The Hall–Kier alpha value is -2.11. The van der Waals surface area contributed by atoms with E-state index < -0.39 is 6.10 Å². The van der Waals surface area contributed by atoms with Gasteiger partial charge < -0.3 is 14.2 Å². The van der Waals surface area contributed by atoms with E-state index in [0.717, 1.165) is 51.4 Å². The van der Waals surface area contributed by atoms with E-state index in [2.05, 4.69) is 39.0 Å². The molecule has 0 aromatic carbocycles. The van der Waals surface area contributed by atoms with Crippen molar-refractivity contribution in [2.45, 2.75) is 264 Å². The van der Waals surface area contributed by atoms with Gasteiger partial charge in [-0.2, -0.15) is 0 Å². The van der Waals surface area contributed by atoms with Gasteiger partial charge in [-0.1, -0.05) is 225 Å². The Morgan fingerprint density at radius 1 is 0.357 bits per heavy atom. The zero-order valence-corrected chi connectivity index (χ0v) is 37.4. The second-order valence-electron chi connectivity index (χ2n) is 16.4. The summed E-state index contributed by atoms with van der Waals surface area (Å²) in [6, 6.07) is 0. The molecule has 0 N–H and O–H groups in total. The number of allylic oxidation sites excluding steroid dienone is 4. The van der Waals surface area contributed by atoms with Gasteiger partial charge in [-0.05, 0) is 38.5 Å². The van der Waals surface area contributed by atoms with Gasteiger partial charge in [0.1, 0.15) is 13.2 Å². The molecule has 328 valence electrons. The van der Waals surface area contributed by atoms with Gasteiger partial charge >= 0.3 is 17.9 Å². The summed E-state index contributed by atoms with van der Waals surface area (Å²) >= 11 is 0. The van der Waals surface area contributed by atoms with Crippen molar-refractivity contribution in [3.63, 3.8) is 0 Å². The zero-order valence-electron chi connectivity index (χ0n) is 37.4. The molecule has 0 aliphatic rings. The van der Waals surface area contributed by atoms with E-state index in [1.54, 1.807) is 0 Å². The van der Waals surface area contributed by atoms with Crippen molar-refractivity contribution >= 4 is 17.9 Å². The quantitative estimate of drug-likeness (QED) is 0.0265. The smallest absolute Gasteiger partial charge is 0.306 e. The highest BCUT2D eigenvalue weighted by molar-refractivity contribution is 5.71. The molecule has 0 aliphatic heterocycles.